The first-order valence-corrected chi connectivity index (χ1v) is 1.62. The Kier molecular flexibility index (Phi) is 11.0. The molecule has 0 aliphatic rings. The van der Waals surface area contributed by atoms with E-state index in [1.54, 1.807) is 7.05 Å². The molecule has 0 rings (SSSR count). The van der Waals surface area contributed by atoms with E-state index in [0.717, 1.165) is 0 Å². The number of carbonyl (C=O) groups is 1. The van der Waals surface area contributed by atoms with Crippen molar-refractivity contribution in [3.05, 3.63) is 0 Å². The maximum Gasteiger partial charge on any atom is 1.00 e. The van der Waals surface area contributed by atoms with Crippen molar-refractivity contribution < 1.29 is 61.3 Å². The van der Waals surface area contributed by atoms with E-state index in [-0.39, 0.29) is 57.9 Å². The van der Waals surface area contributed by atoms with Crippen LogP contribution in [0.3, 0.4) is 0 Å². The van der Waals surface area contributed by atoms with Crippen molar-refractivity contribution in [2.24, 2.45) is 0 Å². The molecule has 36 valence electrons. The van der Waals surface area contributed by atoms with Crippen LogP contribution in [0, 0.1) is 0 Å². The Morgan fingerprint density at radius 3 is 2.29 bits per heavy atom. The van der Waals surface area contributed by atoms with Crippen molar-refractivity contribution in [3.8, 4) is 0 Å². The van der Waals surface area contributed by atoms with E-state index < -0.39 is 5.97 Å². The number of hydrogen-bond donors (Lipinski definition) is 1. The molecule has 7 heavy (non-hydrogen) atoms. The standard InChI is InChI=1S/C3H7NO2.K/c1-4-2-3(5)6;/h4H,2H2,1H3,(H,5,6);/q;+1/p-1. The largest absolute Gasteiger partial charge is 1.00 e. The zero-order chi connectivity index (χ0) is 4.99. The number of hydrogen-bond acceptors (Lipinski definition) is 3. The molecular formula is C3H6KNO2. The zero-order valence-electron chi connectivity index (χ0n) is 4.52. The molecule has 3 nitrogen and oxygen atoms in total. The van der Waals surface area contributed by atoms with Crippen molar-refractivity contribution in [3.63, 3.8) is 0 Å². The SMILES string of the molecule is CNCC(=O)[O-].[K+]. The number of likely N-dealkylation sites (N-methyl/N-ethyl adjacent to an activating group) is 1. The Morgan fingerprint density at radius 1 is 1.86 bits per heavy atom. The second-order valence-corrected chi connectivity index (χ2v) is 0.902. The minimum atomic E-state index is -1.07. The second-order valence-electron chi connectivity index (χ2n) is 0.902. The fraction of sp³-hybridized carbons (Fsp3) is 0.667. The van der Waals surface area contributed by atoms with Gasteiger partial charge in [0.15, 0.2) is 0 Å². The van der Waals surface area contributed by atoms with Gasteiger partial charge in [-0.15, -0.1) is 0 Å². The first-order chi connectivity index (χ1) is 2.77. The number of rotatable bonds is 2. The van der Waals surface area contributed by atoms with Crippen LogP contribution >= 0.6 is 0 Å². The molecule has 4 heteroatoms. The molecule has 0 saturated heterocycles. The summed E-state index contributed by atoms with van der Waals surface area (Å²) in [5.74, 6) is -1.07. The van der Waals surface area contributed by atoms with Gasteiger partial charge in [-0.05, 0) is 7.05 Å². The zero-order valence-corrected chi connectivity index (χ0v) is 7.65. The average molecular weight is 127 g/mol. The van der Waals surface area contributed by atoms with E-state index in [1.165, 1.54) is 0 Å². The Labute approximate surface area is 84.9 Å². The predicted octanol–water partition coefficient (Wildman–Crippen LogP) is -5.04. The Morgan fingerprint density at radius 2 is 2.29 bits per heavy atom. The molecule has 0 radical (unpaired) electrons. The molecule has 0 bridgehead atoms. The average Bonchev–Trinajstić information content (AvgIpc) is 1.35. The number of carboxylic acid groups (broad SMARTS) is 1. The quantitative estimate of drug-likeness (QED) is 0.378. The van der Waals surface area contributed by atoms with Crippen LogP contribution in [-0.2, 0) is 4.79 Å². The molecule has 0 unspecified atom stereocenters. The van der Waals surface area contributed by atoms with Gasteiger partial charge in [-0.25, -0.2) is 0 Å². The summed E-state index contributed by atoms with van der Waals surface area (Å²) in [4.78, 5) is 9.43. The van der Waals surface area contributed by atoms with Crippen LogP contribution in [0.15, 0.2) is 0 Å². The molecule has 0 spiro atoms. The van der Waals surface area contributed by atoms with Crippen LogP contribution in [0.25, 0.3) is 0 Å². The third-order valence-electron chi connectivity index (χ3n) is 0.321. The first-order valence-electron chi connectivity index (χ1n) is 1.62. The molecule has 0 aromatic heterocycles. The van der Waals surface area contributed by atoms with Gasteiger partial charge in [0.1, 0.15) is 0 Å². The normalized spacial score (nSPS) is 7.00. The number of carboxylic acids is 1. The van der Waals surface area contributed by atoms with E-state index in [9.17, 15) is 9.90 Å². The van der Waals surface area contributed by atoms with Crippen molar-refractivity contribution >= 4 is 5.97 Å². The van der Waals surface area contributed by atoms with Crippen molar-refractivity contribution in [1.82, 2.24) is 5.32 Å². The maximum absolute atomic E-state index is 9.43. The summed E-state index contributed by atoms with van der Waals surface area (Å²) in [6, 6.07) is 0. The molecule has 0 aromatic rings. The van der Waals surface area contributed by atoms with Crippen LogP contribution in [0.5, 0.6) is 0 Å². The van der Waals surface area contributed by atoms with Crippen LogP contribution < -0.4 is 61.8 Å². The minimum Gasteiger partial charge on any atom is -0.549 e. The Hall–Kier alpha value is 1.07. The van der Waals surface area contributed by atoms with Gasteiger partial charge in [0.05, 0.1) is 5.97 Å². The number of aliphatic carboxylic acids is 1. The van der Waals surface area contributed by atoms with Crippen molar-refractivity contribution in [2.45, 2.75) is 0 Å². The third-order valence-corrected chi connectivity index (χ3v) is 0.321. The van der Waals surface area contributed by atoms with E-state index in [0.29, 0.717) is 0 Å². The summed E-state index contributed by atoms with van der Waals surface area (Å²) in [5.41, 5.74) is 0. The molecule has 0 aliphatic heterocycles. The minimum absolute atomic E-state index is 0. The van der Waals surface area contributed by atoms with Gasteiger partial charge in [-0.1, -0.05) is 0 Å². The maximum atomic E-state index is 9.43. The Bertz CT molecular complexity index is 56.9. The van der Waals surface area contributed by atoms with Crippen molar-refractivity contribution in [1.29, 1.82) is 0 Å². The second kappa shape index (κ2) is 7.07. The smallest absolute Gasteiger partial charge is 0.549 e. The molecule has 1 N–H and O–H groups in total. The van der Waals surface area contributed by atoms with Gasteiger partial charge in [0.2, 0.25) is 0 Å². The third kappa shape index (κ3) is 11.0. The van der Waals surface area contributed by atoms with Crippen LogP contribution in [0.4, 0.5) is 0 Å². The predicted molar refractivity (Wildman–Crippen MR) is 18.9 cm³/mol. The molecule has 0 aliphatic carbocycles. The summed E-state index contributed by atoms with van der Waals surface area (Å²) >= 11 is 0. The van der Waals surface area contributed by atoms with Crippen molar-refractivity contribution in [2.75, 3.05) is 13.6 Å². The fourth-order valence-electron chi connectivity index (χ4n) is 0.144. The summed E-state index contributed by atoms with van der Waals surface area (Å²) in [7, 11) is 1.55. The van der Waals surface area contributed by atoms with Gasteiger partial charge in [0, 0.05) is 6.54 Å². The fourth-order valence-corrected chi connectivity index (χ4v) is 0.144. The summed E-state index contributed by atoms with van der Waals surface area (Å²) in [5, 5.41) is 11.8. The summed E-state index contributed by atoms with van der Waals surface area (Å²) < 4.78 is 0. The van der Waals surface area contributed by atoms with Gasteiger partial charge in [-0.3, -0.25) is 0 Å². The van der Waals surface area contributed by atoms with Gasteiger partial charge in [-0.2, -0.15) is 0 Å². The van der Waals surface area contributed by atoms with Crippen LogP contribution in [-0.4, -0.2) is 19.6 Å². The number of carbonyl (C=O) groups excluding carboxylic acids is 1. The Balaban J connectivity index is 0. The molecule has 0 amide bonds. The van der Waals surface area contributed by atoms with E-state index in [2.05, 4.69) is 5.32 Å². The molecule has 0 fully saturated rings. The molecule has 0 heterocycles. The van der Waals surface area contributed by atoms with Crippen LogP contribution in [0.1, 0.15) is 0 Å². The monoisotopic (exact) mass is 127 g/mol. The van der Waals surface area contributed by atoms with Crippen LogP contribution in [0.2, 0.25) is 0 Å². The topological polar surface area (TPSA) is 52.2 Å². The number of nitrogens with one attached hydrogen (secondary N) is 1. The van der Waals surface area contributed by atoms with Gasteiger partial charge in [0.25, 0.3) is 0 Å². The van der Waals surface area contributed by atoms with E-state index in [1.807, 2.05) is 0 Å². The molecule has 0 aromatic carbocycles. The molecule has 0 saturated carbocycles. The van der Waals surface area contributed by atoms with E-state index in [4.69, 9.17) is 0 Å². The summed E-state index contributed by atoms with van der Waals surface area (Å²) in [6.45, 7) is -0.0694. The summed E-state index contributed by atoms with van der Waals surface area (Å²) in [6.07, 6.45) is 0. The van der Waals surface area contributed by atoms with Gasteiger partial charge >= 0.3 is 51.4 Å². The first kappa shape index (κ1) is 10.9. The molecule has 0 atom stereocenters. The van der Waals surface area contributed by atoms with Gasteiger partial charge < -0.3 is 15.2 Å². The molecular weight excluding hydrogens is 121 g/mol. The van der Waals surface area contributed by atoms with E-state index >= 15 is 0 Å².